The van der Waals surface area contributed by atoms with Crippen molar-refractivity contribution in [1.82, 2.24) is 10.5 Å². The van der Waals surface area contributed by atoms with Gasteiger partial charge in [-0.1, -0.05) is 23.4 Å². The molecule has 0 atom stereocenters. The molecule has 0 bridgehead atoms. The van der Waals surface area contributed by atoms with E-state index in [-0.39, 0.29) is 0 Å². The summed E-state index contributed by atoms with van der Waals surface area (Å²) in [7, 11) is 3.95. The maximum Gasteiger partial charge on any atom is 0.156 e. The Kier molecular flexibility index (Phi) is 3.99. The number of nitrogens with one attached hydrogen (secondary N) is 1. The van der Waals surface area contributed by atoms with Crippen molar-refractivity contribution in [1.29, 1.82) is 0 Å². The van der Waals surface area contributed by atoms with Gasteiger partial charge in [-0.05, 0) is 25.6 Å². The molecule has 1 aromatic carbocycles. The normalized spacial score (nSPS) is 10.6. The molecule has 0 saturated heterocycles. The molecular weight excluding hydrogens is 226 g/mol. The number of benzene rings is 1. The third kappa shape index (κ3) is 2.90. The summed E-state index contributed by atoms with van der Waals surface area (Å²) in [6.45, 7) is 3.57. The van der Waals surface area contributed by atoms with Gasteiger partial charge in [0, 0.05) is 25.3 Å². The Bertz CT molecular complexity index is 507. The van der Waals surface area contributed by atoms with Crippen molar-refractivity contribution < 1.29 is 4.52 Å². The van der Waals surface area contributed by atoms with Crippen LogP contribution >= 0.6 is 0 Å². The molecule has 18 heavy (non-hydrogen) atoms. The smallest absolute Gasteiger partial charge is 0.156 e. The van der Waals surface area contributed by atoms with Gasteiger partial charge in [0.25, 0.3) is 0 Å². The first-order chi connectivity index (χ1) is 8.70. The van der Waals surface area contributed by atoms with Gasteiger partial charge in [-0.25, -0.2) is 0 Å². The molecule has 0 amide bonds. The minimum Gasteiger partial charge on any atom is -0.367 e. The third-order valence-electron chi connectivity index (χ3n) is 2.89. The van der Waals surface area contributed by atoms with Crippen LogP contribution in [0.2, 0.25) is 0 Å². The lowest BCUT2D eigenvalue weighted by Crippen LogP contribution is -2.16. The maximum absolute atomic E-state index is 5.32. The van der Waals surface area contributed by atoms with Crippen LogP contribution in [0.5, 0.6) is 0 Å². The van der Waals surface area contributed by atoms with Gasteiger partial charge in [0.15, 0.2) is 5.76 Å². The van der Waals surface area contributed by atoms with Crippen LogP contribution in [-0.4, -0.2) is 19.3 Å². The summed E-state index contributed by atoms with van der Waals surface area (Å²) in [5.74, 6) is 0.881. The minimum atomic E-state index is 0.724. The second-order valence-corrected chi connectivity index (χ2v) is 4.46. The first kappa shape index (κ1) is 12.6. The maximum atomic E-state index is 5.32. The second-order valence-electron chi connectivity index (χ2n) is 4.46. The Hall–Kier alpha value is -1.81. The average Bonchev–Trinajstić information content (AvgIpc) is 2.77. The molecule has 1 heterocycles. The summed E-state index contributed by atoms with van der Waals surface area (Å²) in [6, 6.07) is 10.3. The van der Waals surface area contributed by atoms with E-state index in [1.165, 1.54) is 11.3 Å². The van der Waals surface area contributed by atoms with Crippen LogP contribution in [-0.2, 0) is 13.1 Å². The number of aryl methyl sites for hydroxylation is 1. The zero-order valence-electron chi connectivity index (χ0n) is 11.1. The molecule has 2 rings (SSSR count). The van der Waals surface area contributed by atoms with Crippen LogP contribution in [0.25, 0.3) is 0 Å². The molecular formula is C14H19N3O. The number of anilines is 1. The molecule has 0 aliphatic heterocycles. The first-order valence-electron chi connectivity index (χ1n) is 6.06. The molecule has 4 heteroatoms. The number of hydrogen-bond acceptors (Lipinski definition) is 4. The van der Waals surface area contributed by atoms with Crippen LogP contribution in [0.4, 0.5) is 5.69 Å². The van der Waals surface area contributed by atoms with E-state index in [4.69, 9.17) is 4.52 Å². The number of rotatable bonds is 5. The van der Waals surface area contributed by atoms with Gasteiger partial charge in [0.2, 0.25) is 0 Å². The Labute approximate surface area is 108 Å². The van der Waals surface area contributed by atoms with Crippen molar-refractivity contribution in [3.63, 3.8) is 0 Å². The molecule has 1 N–H and O–H groups in total. The van der Waals surface area contributed by atoms with E-state index in [0.717, 1.165) is 24.5 Å². The van der Waals surface area contributed by atoms with E-state index < -0.39 is 0 Å². The van der Waals surface area contributed by atoms with Crippen LogP contribution in [0.3, 0.4) is 0 Å². The SMILES string of the molecule is CNCc1cc(CN(C)c2ccccc2C)on1. The molecule has 1 aromatic heterocycles. The number of hydrogen-bond donors (Lipinski definition) is 1. The predicted octanol–water partition coefficient (Wildman–Crippen LogP) is 2.34. The first-order valence-corrected chi connectivity index (χ1v) is 6.06. The third-order valence-corrected chi connectivity index (χ3v) is 2.89. The second kappa shape index (κ2) is 5.69. The van der Waals surface area contributed by atoms with Gasteiger partial charge in [0.1, 0.15) is 0 Å². The molecule has 0 spiro atoms. The Morgan fingerprint density at radius 3 is 2.83 bits per heavy atom. The molecule has 0 saturated carbocycles. The van der Waals surface area contributed by atoms with Gasteiger partial charge in [-0.3, -0.25) is 0 Å². The Balaban J connectivity index is 2.06. The van der Waals surface area contributed by atoms with E-state index in [9.17, 15) is 0 Å². The minimum absolute atomic E-state index is 0.724. The molecule has 0 aliphatic carbocycles. The molecule has 96 valence electrons. The van der Waals surface area contributed by atoms with Crippen molar-refractivity contribution in [2.45, 2.75) is 20.0 Å². The molecule has 0 aliphatic rings. The largest absolute Gasteiger partial charge is 0.367 e. The number of para-hydroxylation sites is 1. The number of aromatic nitrogens is 1. The van der Waals surface area contributed by atoms with Crippen LogP contribution in [0, 0.1) is 6.92 Å². The fraction of sp³-hybridized carbons (Fsp3) is 0.357. The standard InChI is InChI=1S/C14H19N3O/c1-11-6-4-5-7-14(11)17(3)10-13-8-12(9-15-2)16-18-13/h4-8,15H,9-10H2,1-3H3. The zero-order chi connectivity index (χ0) is 13.0. The highest BCUT2D eigenvalue weighted by Crippen LogP contribution is 2.20. The summed E-state index contributed by atoms with van der Waals surface area (Å²) < 4.78 is 5.32. The topological polar surface area (TPSA) is 41.3 Å². The molecule has 4 nitrogen and oxygen atoms in total. The molecule has 0 fully saturated rings. The Morgan fingerprint density at radius 2 is 2.11 bits per heavy atom. The summed E-state index contributed by atoms with van der Waals surface area (Å²) in [5, 5.41) is 7.07. The highest BCUT2D eigenvalue weighted by atomic mass is 16.5. The van der Waals surface area contributed by atoms with Crippen LogP contribution in [0.15, 0.2) is 34.9 Å². The zero-order valence-corrected chi connectivity index (χ0v) is 11.1. The predicted molar refractivity (Wildman–Crippen MR) is 72.6 cm³/mol. The number of nitrogens with zero attached hydrogens (tertiary/aromatic N) is 2. The van der Waals surface area contributed by atoms with Gasteiger partial charge < -0.3 is 14.7 Å². The van der Waals surface area contributed by atoms with E-state index in [1.54, 1.807) is 0 Å². The van der Waals surface area contributed by atoms with Gasteiger partial charge >= 0.3 is 0 Å². The van der Waals surface area contributed by atoms with Crippen molar-refractivity contribution in [3.8, 4) is 0 Å². The monoisotopic (exact) mass is 245 g/mol. The molecule has 0 unspecified atom stereocenters. The van der Waals surface area contributed by atoms with Crippen LogP contribution in [0.1, 0.15) is 17.0 Å². The van der Waals surface area contributed by atoms with Crippen molar-refractivity contribution in [2.24, 2.45) is 0 Å². The van der Waals surface area contributed by atoms with E-state index >= 15 is 0 Å². The molecule has 0 radical (unpaired) electrons. The lowest BCUT2D eigenvalue weighted by Gasteiger charge is -2.19. The van der Waals surface area contributed by atoms with E-state index in [2.05, 4.69) is 41.5 Å². The summed E-state index contributed by atoms with van der Waals surface area (Å²) >= 11 is 0. The Morgan fingerprint density at radius 1 is 1.33 bits per heavy atom. The van der Waals surface area contributed by atoms with Gasteiger partial charge in [0.05, 0.1) is 12.2 Å². The van der Waals surface area contributed by atoms with Gasteiger partial charge in [-0.2, -0.15) is 0 Å². The highest BCUT2D eigenvalue weighted by Gasteiger charge is 2.09. The fourth-order valence-corrected chi connectivity index (χ4v) is 2.01. The lowest BCUT2D eigenvalue weighted by molar-refractivity contribution is 0.375. The average molecular weight is 245 g/mol. The highest BCUT2D eigenvalue weighted by molar-refractivity contribution is 5.52. The summed E-state index contributed by atoms with van der Waals surface area (Å²) in [5.41, 5.74) is 3.41. The van der Waals surface area contributed by atoms with Crippen molar-refractivity contribution in [3.05, 3.63) is 47.3 Å². The van der Waals surface area contributed by atoms with Crippen LogP contribution < -0.4 is 10.2 Å². The molecule has 2 aromatic rings. The van der Waals surface area contributed by atoms with Crippen molar-refractivity contribution >= 4 is 5.69 Å². The summed E-state index contributed by atoms with van der Waals surface area (Å²) in [6.07, 6.45) is 0. The van der Waals surface area contributed by atoms with Crippen molar-refractivity contribution in [2.75, 3.05) is 19.0 Å². The van der Waals surface area contributed by atoms with Gasteiger partial charge in [-0.15, -0.1) is 0 Å². The fourth-order valence-electron chi connectivity index (χ4n) is 2.01. The van der Waals surface area contributed by atoms with E-state index in [1.807, 2.05) is 25.2 Å². The quantitative estimate of drug-likeness (QED) is 0.878. The lowest BCUT2D eigenvalue weighted by atomic mass is 10.2. The van der Waals surface area contributed by atoms with E-state index in [0.29, 0.717) is 0 Å². The summed E-state index contributed by atoms with van der Waals surface area (Å²) in [4.78, 5) is 2.17.